The third-order valence-corrected chi connectivity index (χ3v) is 12.5. The lowest BCUT2D eigenvalue weighted by atomic mass is 9.40. The molecule has 11 atom stereocenters. The van der Waals surface area contributed by atoms with Crippen LogP contribution < -0.4 is 0 Å². The van der Waals surface area contributed by atoms with Gasteiger partial charge in [0, 0.05) is 53.9 Å². The van der Waals surface area contributed by atoms with Crippen molar-refractivity contribution in [1.29, 1.82) is 0 Å². The summed E-state index contributed by atoms with van der Waals surface area (Å²) in [5, 5.41) is 0. The lowest BCUT2D eigenvalue weighted by molar-refractivity contribution is -0.251. The normalized spacial score (nSPS) is 40.1. The number of hydrogen-bond donors (Lipinski definition) is 0. The summed E-state index contributed by atoms with van der Waals surface area (Å²) in [6.07, 6.45) is 5.65. The summed E-state index contributed by atoms with van der Waals surface area (Å²) in [7, 11) is 1.41. The van der Waals surface area contributed by atoms with Crippen LogP contribution in [0.1, 0.15) is 70.9 Å². The predicted molar refractivity (Wildman–Crippen MR) is 171 cm³/mol. The molecule has 2 saturated carbocycles. The van der Waals surface area contributed by atoms with Crippen LogP contribution in [-0.4, -0.2) is 62.1 Å². The van der Waals surface area contributed by atoms with Crippen LogP contribution >= 0.6 is 0 Å². The average Bonchev–Trinajstić information content (AvgIpc) is 3.82. The molecule has 0 bridgehead atoms. The lowest BCUT2D eigenvalue weighted by Crippen LogP contribution is -2.71. The van der Waals surface area contributed by atoms with E-state index >= 15 is 0 Å². The molecule has 9 nitrogen and oxygen atoms in total. The molecule has 47 heavy (non-hydrogen) atoms. The first-order chi connectivity index (χ1) is 22.4. The minimum absolute atomic E-state index is 0.106. The second-order valence-electron chi connectivity index (χ2n) is 14.7. The molecule has 0 N–H and O–H groups in total. The van der Waals surface area contributed by atoms with Crippen LogP contribution in [-0.2, 0) is 38.1 Å². The summed E-state index contributed by atoms with van der Waals surface area (Å²) in [6, 6.07) is 11.5. The number of carbonyl (C=O) groups is 3. The number of rotatable bonds is 7. The topological polar surface area (TPSA) is 111 Å². The molecule has 1 aromatic heterocycles. The quantitative estimate of drug-likeness (QED) is 0.154. The second-order valence-corrected chi connectivity index (χ2v) is 14.7. The van der Waals surface area contributed by atoms with E-state index < -0.39 is 40.4 Å². The number of methoxy groups -OCH3 is 1. The summed E-state index contributed by atoms with van der Waals surface area (Å²) in [5.41, 5.74) is 2.36. The van der Waals surface area contributed by atoms with Gasteiger partial charge in [-0.25, -0.2) is 4.79 Å². The van der Waals surface area contributed by atoms with Crippen LogP contribution in [0.4, 0.5) is 0 Å². The second kappa shape index (κ2) is 11.5. The van der Waals surface area contributed by atoms with E-state index in [0.29, 0.717) is 6.61 Å². The fraction of sp³-hybridized carbons (Fsp3) is 0.553. The van der Waals surface area contributed by atoms with Gasteiger partial charge in [-0.3, -0.25) is 9.59 Å². The molecule has 250 valence electrons. The number of fused-ring (bicyclic) bond motifs is 4. The van der Waals surface area contributed by atoms with Crippen LogP contribution in [0.25, 0.3) is 6.08 Å². The molecule has 2 aromatic rings. The Bertz CT molecular complexity index is 1610. The van der Waals surface area contributed by atoms with Gasteiger partial charge in [-0.05, 0) is 48.1 Å². The van der Waals surface area contributed by atoms with Gasteiger partial charge in [0.05, 0.1) is 44.6 Å². The van der Waals surface area contributed by atoms with Crippen molar-refractivity contribution in [3.8, 4) is 0 Å². The summed E-state index contributed by atoms with van der Waals surface area (Å²) < 4.78 is 37.0. The molecule has 2 saturated heterocycles. The highest BCUT2D eigenvalue weighted by Crippen LogP contribution is 2.74. The van der Waals surface area contributed by atoms with Gasteiger partial charge < -0.3 is 28.1 Å². The standard InChI is InChI=1S/C38H44O9/c1-21-25(24-14-15-43-19-24)16-26-32(21)38(5)27(17-31(41)42-6)37(4)29(47-30(40)13-12-23-10-8-7-9-11-23)18-28(45-22(2)39)36(3)20-44-33(34(36)37)35(38)46-26/h7-15,19,25-29,33-35H,16-18,20H2,1-6H3/b13-12+/t25-,26+,27-,28-,29+,33+,34+,35+,36+,37-,38+/m1/s1. The van der Waals surface area contributed by atoms with Gasteiger partial charge in [0.2, 0.25) is 0 Å². The number of hydrogen-bond acceptors (Lipinski definition) is 9. The van der Waals surface area contributed by atoms with E-state index in [9.17, 15) is 14.4 Å². The van der Waals surface area contributed by atoms with Crippen molar-refractivity contribution in [3.05, 3.63) is 77.3 Å². The van der Waals surface area contributed by atoms with Gasteiger partial charge in [-0.1, -0.05) is 56.7 Å². The molecule has 4 fully saturated rings. The van der Waals surface area contributed by atoms with Crippen molar-refractivity contribution in [2.75, 3.05) is 13.7 Å². The van der Waals surface area contributed by atoms with Crippen molar-refractivity contribution in [3.63, 3.8) is 0 Å². The zero-order valence-electron chi connectivity index (χ0n) is 27.9. The van der Waals surface area contributed by atoms with Crippen LogP contribution in [0.2, 0.25) is 0 Å². The van der Waals surface area contributed by atoms with Crippen molar-refractivity contribution < 1.29 is 42.5 Å². The van der Waals surface area contributed by atoms with Crippen LogP contribution in [0.15, 0.2) is 70.6 Å². The summed E-state index contributed by atoms with van der Waals surface area (Å²) in [5.74, 6) is -1.70. The van der Waals surface area contributed by atoms with E-state index in [2.05, 4.69) is 27.7 Å². The van der Waals surface area contributed by atoms with Crippen LogP contribution in [0.3, 0.4) is 0 Å². The highest BCUT2D eigenvalue weighted by atomic mass is 16.6. The highest BCUT2D eigenvalue weighted by molar-refractivity contribution is 5.87. The maximum absolute atomic E-state index is 13.6. The number of furan rings is 1. The maximum Gasteiger partial charge on any atom is 0.331 e. The van der Waals surface area contributed by atoms with Gasteiger partial charge in [-0.15, -0.1) is 0 Å². The van der Waals surface area contributed by atoms with Crippen LogP contribution in [0, 0.1) is 28.1 Å². The van der Waals surface area contributed by atoms with E-state index in [0.717, 1.165) is 17.5 Å². The fourth-order valence-corrected chi connectivity index (χ4v) is 10.6. The maximum atomic E-state index is 13.6. The molecule has 0 spiro atoms. The number of ether oxygens (including phenoxy) is 5. The average molecular weight is 645 g/mol. The Morgan fingerprint density at radius 2 is 1.79 bits per heavy atom. The minimum Gasteiger partial charge on any atom is -0.472 e. The van der Waals surface area contributed by atoms with E-state index in [-0.39, 0.29) is 54.9 Å². The molecule has 0 amide bonds. The smallest absolute Gasteiger partial charge is 0.331 e. The fourth-order valence-electron chi connectivity index (χ4n) is 10.6. The van der Waals surface area contributed by atoms with E-state index in [1.165, 1.54) is 31.3 Å². The first-order valence-corrected chi connectivity index (χ1v) is 16.6. The van der Waals surface area contributed by atoms with Crippen molar-refractivity contribution >= 4 is 24.0 Å². The molecule has 2 aliphatic heterocycles. The van der Waals surface area contributed by atoms with Gasteiger partial charge in [-0.2, -0.15) is 0 Å². The molecular formula is C38H44O9. The van der Waals surface area contributed by atoms with Crippen LogP contribution in [0.5, 0.6) is 0 Å². The van der Waals surface area contributed by atoms with E-state index in [1.807, 2.05) is 36.4 Å². The van der Waals surface area contributed by atoms with Gasteiger partial charge in [0.15, 0.2) is 0 Å². The third kappa shape index (κ3) is 4.75. The Balaban J connectivity index is 1.36. The predicted octanol–water partition coefficient (Wildman–Crippen LogP) is 6.04. The van der Waals surface area contributed by atoms with Gasteiger partial charge in [0.25, 0.3) is 0 Å². The Labute approximate surface area is 275 Å². The molecule has 3 aliphatic carbocycles. The zero-order valence-corrected chi connectivity index (χ0v) is 27.9. The first kappa shape index (κ1) is 31.9. The lowest BCUT2D eigenvalue weighted by Gasteiger charge is -2.65. The Morgan fingerprint density at radius 1 is 1.02 bits per heavy atom. The summed E-state index contributed by atoms with van der Waals surface area (Å²) in [4.78, 5) is 39.5. The van der Waals surface area contributed by atoms with Crippen molar-refractivity contribution in [2.45, 2.75) is 90.3 Å². The highest BCUT2D eigenvalue weighted by Gasteiger charge is 2.78. The number of benzene rings is 1. The third-order valence-electron chi connectivity index (χ3n) is 12.5. The Morgan fingerprint density at radius 3 is 2.47 bits per heavy atom. The monoisotopic (exact) mass is 644 g/mol. The zero-order chi connectivity index (χ0) is 33.3. The largest absolute Gasteiger partial charge is 0.472 e. The van der Waals surface area contributed by atoms with Crippen molar-refractivity contribution in [2.24, 2.45) is 28.1 Å². The van der Waals surface area contributed by atoms with E-state index in [1.54, 1.807) is 18.6 Å². The molecule has 7 rings (SSSR count). The molecule has 5 aliphatic rings. The summed E-state index contributed by atoms with van der Waals surface area (Å²) >= 11 is 0. The van der Waals surface area contributed by atoms with Gasteiger partial charge in [0.1, 0.15) is 12.2 Å². The Hall–Kier alpha value is -3.69. The number of carbonyl (C=O) groups excluding carboxylic acids is 3. The number of allylic oxidation sites excluding steroid dienone is 1. The first-order valence-electron chi connectivity index (χ1n) is 16.6. The summed E-state index contributed by atoms with van der Waals surface area (Å²) in [6.45, 7) is 10.4. The van der Waals surface area contributed by atoms with E-state index in [4.69, 9.17) is 28.1 Å². The SMILES string of the molecule is COC(=O)C[C@H]1[C@@]2(C)C3=C(C)[C@H](c4ccoc4)C[C@@H]3O[C@H]2[C@H]2OC[C@@]3(C)[C@H](OC(C)=O)C[C@H](OC(=O)/C=C/c4ccccc4)[C@]1(C)[C@@H]23. The molecule has 3 heterocycles. The molecule has 0 radical (unpaired) electrons. The van der Waals surface area contributed by atoms with Crippen molar-refractivity contribution in [1.82, 2.24) is 0 Å². The molecule has 0 unspecified atom stereocenters. The molecular weight excluding hydrogens is 600 g/mol. The Kier molecular flexibility index (Phi) is 7.79. The minimum atomic E-state index is -0.776. The molecule has 1 aromatic carbocycles. The van der Waals surface area contributed by atoms with Gasteiger partial charge >= 0.3 is 17.9 Å². The molecule has 9 heteroatoms. The number of esters is 3.